The monoisotopic (exact) mass is 389 g/mol. The summed E-state index contributed by atoms with van der Waals surface area (Å²) in [6.07, 6.45) is -0.955. The zero-order chi connectivity index (χ0) is 17.7. The molecule has 2 aromatic rings. The average Bonchev–Trinajstić information content (AvgIpc) is 2.55. The summed E-state index contributed by atoms with van der Waals surface area (Å²) in [6.45, 7) is 2.96. The molecule has 0 unspecified atom stereocenters. The molecular formula is C18H16BrNO4. The number of esters is 1. The van der Waals surface area contributed by atoms with Crippen molar-refractivity contribution in [3.63, 3.8) is 0 Å². The first kappa shape index (κ1) is 17.9. The topological polar surface area (TPSA) is 72.5 Å². The lowest BCUT2D eigenvalue weighted by Crippen LogP contribution is -2.30. The van der Waals surface area contributed by atoms with E-state index in [9.17, 15) is 14.4 Å². The van der Waals surface area contributed by atoms with E-state index in [0.717, 1.165) is 4.47 Å². The third kappa shape index (κ3) is 4.76. The highest BCUT2D eigenvalue weighted by Crippen LogP contribution is 2.14. The molecule has 1 N–H and O–H groups in total. The van der Waals surface area contributed by atoms with Crippen LogP contribution >= 0.6 is 15.9 Å². The Bertz CT molecular complexity index is 771. The Morgan fingerprint density at radius 2 is 1.71 bits per heavy atom. The maximum absolute atomic E-state index is 12.1. The third-order valence-electron chi connectivity index (χ3n) is 3.27. The van der Waals surface area contributed by atoms with Gasteiger partial charge in [-0.1, -0.05) is 22.0 Å². The van der Waals surface area contributed by atoms with Gasteiger partial charge < -0.3 is 10.1 Å². The lowest BCUT2D eigenvalue weighted by atomic mass is 10.1. The van der Waals surface area contributed by atoms with Gasteiger partial charge in [-0.15, -0.1) is 0 Å². The zero-order valence-electron chi connectivity index (χ0n) is 13.2. The first-order chi connectivity index (χ1) is 11.4. The molecule has 0 saturated carbocycles. The van der Waals surface area contributed by atoms with Gasteiger partial charge in [0.1, 0.15) is 0 Å². The first-order valence-corrected chi connectivity index (χ1v) is 8.04. The van der Waals surface area contributed by atoms with Gasteiger partial charge in [-0.2, -0.15) is 0 Å². The van der Waals surface area contributed by atoms with E-state index in [4.69, 9.17) is 4.74 Å². The van der Waals surface area contributed by atoms with Crippen molar-refractivity contribution in [2.24, 2.45) is 0 Å². The minimum atomic E-state index is -0.955. The van der Waals surface area contributed by atoms with Crippen LogP contribution in [0, 0.1) is 0 Å². The van der Waals surface area contributed by atoms with E-state index in [1.807, 2.05) is 0 Å². The van der Waals surface area contributed by atoms with Crippen LogP contribution in [0.2, 0.25) is 0 Å². The summed E-state index contributed by atoms with van der Waals surface area (Å²) in [5, 5.41) is 2.64. The fourth-order valence-corrected chi connectivity index (χ4v) is 2.33. The Kier molecular flexibility index (Phi) is 5.87. The van der Waals surface area contributed by atoms with Crippen LogP contribution in [0.25, 0.3) is 0 Å². The molecule has 1 amide bonds. The highest BCUT2D eigenvalue weighted by molar-refractivity contribution is 9.10. The van der Waals surface area contributed by atoms with Crippen LogP contribution < -0.4 is 5.32 Å². The molecule has 0 radical (unpaired) electrons. The molecule has 0 fully saturated rings. The van der Waals surface area contributed by atoms with Crippen LogP contribution in [-0.2, 0) is 9.53 Å². The number of hydrogen-bond donors (Lipinski definition) is 1. The van der Waals surface area contributed by atoms with E-state index in [1.165, 1.54) is 13.8 Å². The minimum Gasteiger partial charge on any atom is -0.449 e. The third-order valence-corrected chi connectivity index (χ3v) is 3.77. The molecule has 0 aliphatic rings. The summed E-state index contributed by atoms with van der Waals surface area (Å²) in [4.78, 5) is 35.3. The molecule has 1 atom stereocenters. The molecule has 0 aliphatic heterocycles. The first-order valence-electron chi connectivity index (χ1n) is 7.25. The van der Waals surface area contributed by atoms with Crippen LogP contribution in [0.1, 0.15) is 34.6 Å². The molecule has 5 nitrogen and oxygen atoms in total. The molecule has 124 valence electrons. The number of Topliss-reactive ketones (excluding diaryl/α,β-unsaturated/α-hetero) is 1. The number of carbonyl (C=O) groups excluding carboxylic acids is 3. The molecule has 0 aromatic heterocycles. The number of nitrogens with one attached hydrogen (secondary N) is 1. The average molecular weight is 390 g/mol. The predicted octanol–water partition coefficient (Wildman–Crippen LogP) is 3.84. The van der Waals surface area contributed by atoms with Gasteiger partial charge in [-0.25, -0.2) is 4.79 Å². The molecule has 6 heteroatoms. The quantitative estimate of drug-likeness (QED) is 0.622. The normalized spacial score (nSPS) is 11.5. The Labute approximate surface area is 148 Å². The van der Waals surface area contributed by atoms with Gasteiger partial charge in [0, 0.05) is 15.7 Å². The summed E-state index contributed by atoms with van der Waals surface area (Å²) in [5.41, 5.74) is 1.44. The van der Waals surface area contributed by atoms with Gasteiger partial charge >= 0.3 is 5.97 Å². The Hall–Kier alpha value is -2.47. The Morgan fingerprint density at radius 1 is 1.04 bits per heavy atom. The molecule has 0 saturated heterocycles. The molecule has 24 heavy (non-hydrogen) atoms. The van der Waals surface area contributed by atoms with Crippen molar-refractivity contribution in [1.29, 1.82) is 0 Å². The Balaban J connectivity index is 1.96. The Morgan fingerprint density at radius 3 is 2.29 bits per heavy atom. The number of hydrogen-bond acceptors (Lipinski definition) is 4. The number of ether oxygens (including phenoxy) is 1. The van der Waals surface area contributed by atoms with Crippen molar-refractivity contribution in [2.75, 3.05) is 5.32 Å². The standard InChI is InChI=1S/C18H16BrNO4/c1-11(21)13-6-8-16(9-7-13)20-17(22)12(2)24-18(23)14-4-3-5-15(19)10-14/h3-10,12H,1-2H3,(H,20,22)/t12-/m1/s1. The number of amides is 1. The van der Waals surface area contributed by atoms with Gasteiger partial charge in [0.05, 0.1) is 5.56 Å². The fraction of sp³-hybridized carbons (Fsp3) is 0.167. The van der Waals surface area contributed by atoms with Crippen LogP contribution in [-0.4, -0.2) is 23.8 Å². The van der Waals surface area contributed by atoms with Gasteiger partial charge in [0.25, 0.3) is 5.91 Å². The van der Waals surface area contributed by atoms with E-state index >= 15 is 0 Å². The molecular weight excluding hydrogens is 374 g/mol. The van der Waals surface area contributed by atoms with Gasteiger partial charge in [-0.3, -0.25) is 9.59 Å². The van der Waals surface area contributed by atoms with Crippen LogP contribution in [0.4, 0.5) is 5.69 Å². The summed E-state index contributed by atoms with van der Waals surface area (Å²) < 4.78 is 5.91. The van der Waals surface area contributed by atoms with Crippen molar-refractivity contribution in [3.05, 3.63) is 64.1 Å². The molecule has 0 aliphatic carbocycles. The number of halogens is 1. The molecule has 2 aromatic carbocycles. The van der Waals surface area contributed by atoms with E-state index in [1.54, 1.807) is 48.5 Å². The number of rotatable bonds is 5. The van der Waals surface area contributed by atoms with E-state index in [-0.39, 0.29) is 5.78 Å². The van der Waals surface area contributed by atoms with Gasteiger partial charge in [0.15, 0.2) is 11.9 Å². The van der Waals surface area contributed by atoms with Gasteiger partial charge in [-0.05, 0) is 56.3 Å². The zero-order valence-corrected chi connectivity index (χ0v) is 14.8. The number of anilines is 1. The predicted molar refractivity (Wildman–Crippen MR) is 94.1 cm³/mol. The second-order valence-corrected chi connectivity index (χ2v) is 6.10. The maximum Gasteiger partial charge on any atom is 0.338 e. The van der Waals surface area contributed by atoms with E-state index < -0.39 is 18.0 Å². The van der Waals surface area contributed by atoms with Crippen LogP contribution in [0.3, 0.4) is 0 Å². The van der Waals surface area contributed by atoms with Crippen LogP contribution in [0.5, 0.6) is 0 Å². The van der Waals surface area contributed by atoms with Crippen LogP contribution in [0.15, 0.2) is 53.0 Å². The summed E-state index contributed by atoms with van der Waals surface area (Å²) in [7, 11) is 0. The smallest absolute Gasteiger partial charge is 0.338 e. The summed E-state index contributed by atoms with van der Waals surface area (Å²) in [6, 6.07) is 13.2. The minimum absolute atomic E-state index is 0.0517. The number of carbonyl (C=O) groups is 3. The summed E-state index contributed by atoms with van der Waals surface area (Å²) >= 11 is 3.27. The summed E-state index contributed by atoms with van der Waals surface area (Å²) in [5.74, 6) is -1.08. The van der Waals surface area contributed by atoms with Crippen molar-refractivity contribution in [2.45, 2.75) is 20.0 Å². The SMILES string of the molecule is CC(=O)c1ccc(NC(=O)[C@@H](C)OC(=O)c2cccc(Br)c2)cc1. The highest BCUT2D eigenvalue weighted by atomic mass is 79.9. The lowest BCUT2D eigenvalue weighted by Gasteiger charge is -2.14. The number of ketones is 1. The molecule has 0 heterocycles. The fourth-order valence-electron chi connectivity index (χ4n) is 1.93. The largest absolute Gasteiger partial charge is 0.449 e. The molecule has 0 bridgehead atoms. The number of benzene rings is 2. The van der Waals surface area contributed by atoms with Crippen molar-refractivity contribution < 1.29 is 19.1 Å². The van der Waals surface area contributed by atoms with Crippen molar-refractivity contribution >= 4 is 39.3 Å². The second kappa shape index (κ2) is 7.88. The molecule has 0 spiro atoms. The second-order valence-electron chi connectivity index (χ2n) is 5.18. The van der Waals surface area contributed by atoms with Crippen molar-refractivity contribution in [1.82, 2.24) is 0 Å². The van der Waals surface area contributed by atoms with E-state index in [2.05, 4.69) is 21.2 Å². The lowest BCUT2D eigenvalue weighted by molar-refractivity contribution is -0.123. The maximum atomic E-state index is 12.1. The van der Waals surface area contributed by atoms with Crippen molar-refractivity contribution in [3.8, 4) is 0 Å². The van der Waals surface area contributed by atoms with E-state index in [0.29, 0.717) is 16.8 Å². The highest BCUT2D eigenvalue weighted by Gasteiger charge is 2.19. The van der Waals surface area contributed by atoms with Gasteiger partial charge in [0.2, 0.25) is 0 Å². The molecule has 2 rings (SSSR count).